The van der Waals surface area contributed by atoms with Crippen LogP contribution < -0.4 is 15.5 Å². The number of carbonyl (C=O) groups is 1. The Kier molecular flexibility index (Phi) is 7.20. The Hall–Kier alpha value is -3.91. The van der Waals surface area contributed by atoms with E-state index in [1.165, 1.54) is 33.3 Å². The normalized spacial score (nSPS) is 17.9. The molecule has 1 unspecified atom stereocenters. The number of carbonyl (C=O) groups excluding carboxylic acids is 1. The molecular formula is C33H41N7O. The minimum atomic E-state index is -0.281. The van der Waals surface area contributed by atoms with Gasteiger partial charge in [0.25, 0.3) is 0 Å². The Morgan fingerprint density at radius 1 is 1.10 bits per heavy atom. The summed E-state index contributed by atoms with van der Waals surface area (Å²) in [6.07, 6.45) is 2.92. The van der Waals surface area contributed by atoms with Gasteiger partial charge in [-0.3, -0.25) is 9.69 Å². The molecule has 0 aliphatic carbocycles. The molecule has 0 spiro atoms. The van der Waals surface area contributed by atoms with Gasteiger partial charge in [0, 0.05) is 79.1 Å². The highest BCUT2D eigenvalue weighted by molar-refractivity contribution is 5.96. The van der Waals surface area contributed by atoms with Gasteiger partial charge in [0.2, 0.25) is 5.91 Å². The van der Waals surface area contributed by atoms with Crippen molar-refractivity contribution in [3.63, 3.8) is 0 Å². The monoisotopic (exact) mass is 551 g/mol. The summed E-state index contributed by atoms with van der Waals surface area (Å²) >= 11 is 0. The molecule has 2 aliphatic heterocycles. The molecule has 2 aliphatic rings. The van der Waals surface area contributed by atoms with Crippen LogP contribution in [-0.4, -0.2) is 64.5 Å². The average Bonchev–Trinajstić information content (AvgIpc) is 3.33. The van der Waals surface area contributed by atoms with E-state index >= 15 is 0 Å². The third-order valence-electron chi connectivity index (χ3n) is 8.79. The molecule has 4 heterocycles. The fraction of sp³-hybridized carbons (Fsp3) is 0.424. The van der Waals surface area contributed by atoms with Crippen molar-refractivity contribution in [2.75, 3.05) is 42.5 Å². The van der Waals surface area contributed by atoms with E-state index in [-0.39, 0.29) is 11.9 Å². The molecule has 0 saturated carbocycles. The van der Waals surface area contributed by atoms with Crippen molar-refractivity contribution < 1.29 is 4.79 Å². The number of rotatable bonds is 6. The van der Waals surface area contributed by atoms with Gasteiger partial charge in [-0.2, -0.15) is 0 Å². The number of anilines is 2. The lowest BCUT2D eigenvalue weighted by atomic mass is 9.97. The molecule has 1 saturated heterocycles. The Labute approximate surface area is 242 Å². The van der Waals surface area contributed by atoms with Crippen LogP contribution >= 0.6 is 0 Å². The van der Waals surface area contributed by atoms with Crippen molar-refractivity contribution in [2.24, 2.45) is 5.73 Å². The molecule has 1 atom stereocenters. The van der Waals surface area contributed by atoms with Crippen molar-refractivity contribution in [3.8, 4) is 11.4 Å². The Morgan fingerprint density at radius 3 is 2.68 bits per heavy atom. The first-order valence-corrected chi connectivity index (χ1v) is 14.8. The number of nitrogens with one attached hydrogen (secondary N) is 1. The number of H-pyrrole nitrogens is 1. The van der Waals surface area contributed by atoms with Crippen LogP contribution in [0, 0.1) is 13.8 Å². The zero-order valence-electron chi connectivity index (χ0n) is 24.9. The molecule has 3 N–H and O–H groups in total. The van der Waals surface area contributed by atoms with E-state index in [9.17, 15) is 4.79 Å². The van der Waals surface area contributed by atoms with Gasteiger partial charge in [-0.15, -0.1) is 0 Å². The SMILES string of the molecule is Cc1ccc(C(C)C)cc1N1CCc2nc(-c3cccc4[nH]cc(C)c34)nc(N3CCN(CC(N)=O)CC3C)c2C1. The molecular weight excluding hydrogens is 510 g/mol. The van der Waals surface area contributed by atoms with E-state index in [2.05, 4.69) is 96.9 Å². The second-order valence-corrected chi connectivity index (χ2v) is 12.1. The van der Waals surface area contributed by atoms with Gasteiger partial charge in [0.05, 0.1) is 12.2 Å². The summed E-state index contributed by atoms with van der Waals surface area (Å²) in [5, 5.41) is 1.18. The number of aromatic amines is 1. The maximum atomic E-state index is 11.6. The van der Waals surface area contributed by atoms with Crippen LogP contribution in [0.3, 0.4) is 0 Å². The topological polar surface area (TPSA) is 94.4 Å². The number of aryl methyl sites for hydroxylation is 2. The molecule has 6 rings (SSSR count). The van der Waals surface area contributed by atoms with Crippen LogP contribution in [0.1, 0.15) is 54.6 Å². The molecule has 214 valence electrons. The quantitative estimate of drug-likeness (QED) is 0.353. The van der Waals surface area contributed by atoms with Crippen LogP contribution in [0.25, 0.3) is 22.3 Å². The van der Waals surface area contributed by atoms with Gasteiger partial charge >= 0.3 is 0 Å². The van der Waals surface area contributed by atoms with E-state index in [0.717, 1.165) is 67.6 Å². The summed E-state index contributed by atoms with van der Waals surface area (Å²) in [4.78, 5) is 32.7. The number of nitrogens with zero attached hydrogens (tertiary/aromatic N) is 5. The molecule has 8 heteroatoms. The lowest BCUT2D eigenvalue weighted by molar-refractivity contribution is -0.119. The molecule has 2 aromatic heterocycles. The number of primary amides is 1. The first-order valence-electron chi connectivity index (χ1n) is 14.8. The highest BCUT2D eigenvalue weighted by atomic mass is 16.1. The van der Waals surface area contributed by atoms with Crippen LogP contribution in [-0.2, 0) is 17.8 Å². The highest BCUT2D eigenvalue weighted by Crippen LogP contribution is 2.37. The second kappa shape index (κ2) is 10.8. The summed E-state index contributed by atoms with van der Waals surface area (Å²) in [5.41, 5.74) is 15.2. The van der Waals surface area contributed by atoms with Gasteiger partial charge in [-0.1, -0.05) is 38.1 Å². The summed E-state index contributed by atoms with van der Waals surface area (Å²) in [6.45, 7) is 15.4. The third-order valence-corrected chi connectivity index (χ3v) is 8.79. The van der Waals surface area contributed by atoms with E-state index in [0.29, 0.717) is 12.5 Å². The Balaban J connectivity index is 1.44. The molecule has 0 bridgehead atoms. The number of nitrogens with two attached hydrogens (primary N) is 1. The summed E-state index contributed by atoms with van der Waals surface area (Å²) in [6, 6.07) is 13.4. The first-order chi connectivity index (χ1) is 19.7. The van der Waals surface area contributed by atoms with Crippen molar-refractivity contribution in [1.29, 1.82) is 0 Å². The zero-order chi connectivity index (χ0) is 28.8. The number of amides is 1. The van der Waals surface area contributed by atoms with Gasteiger partial charge in [0.1, 0.15) is 5.82 Å². The zero-order valence-corrected chi connectivity index (χ0v) is 24.9. The maximum Gasteiger partial charge on any atom is 0.231 e. The minimum absolute atomic E-state index is 0.182. The molecule has 8 nitrogen and oxygen atoms in total. The number of fused-ring (bicyclic) bond motifs is 2. The molecule has 1 amide bonds. The standard InChI is InChI=1S/C33H41N7O/c1-20(2)24-10-9-21(3)29(15-24)39-12-11-27-26(18-39)33(40-14-13-38(17-23(40)5)19-30(34)41)37-32(36-27)25-7-6-8-28-31(25)22(4)16-35-28/h6-10,15-16,20,23,35H,11-14,17-19H2,1-5H3,(H2,34,41). The average molecular weight is 552 g/mol. The summed E-state index contributed by atoms with van der Waals surface area (Å²) < 4.78 is 0. The largest absolute Gasteiger partial charge is 0.369 e. The molecule has 1 fully saturated rings. The predicted octanol–water partition coefficient (Wildman–Crippen LogP) is 4.92. The van der Waals surface area contributed by atoms with E-state index in [1.807, 2.05) is 0 Å². The van der Waals surface area contributed by atoms with Crippen molar-refractivity contribution in [1.82, 2.24) is 19.9 Å². The minimum Gasteiger partial charge on any atom is -0.369 e. The lowest BCUT2D eigenvalue weighted by Crippen LogP contribution is -2.54. The van der Waals surface area contributed by atoms with Crippen LogP contribution in [0.2, 0.25) is 0 Å². The Bertz CT molecular complexity index is 1610. The van der Waals surface area contributed by atoms with E-state index in [4.69, 9.17) is 15.7 Å². The predicted molar refractivity (Wildman–Crippen MR) is 167 cm³/mol. The highest BCUT2D eigenvalue weighted by Gasteiger charge is 2.32. The molecule has 2 aromatic carbocycles. The number of hydrogen-bond acceptors (Lipinski definition) is 6. The summed E-state index contributed by atoms with van der Waals surface area (Å²) in [7, 11) is 0. The lowest BCUT2D eigenvalue weighted by Gasteiger charge is -2.42. The van der Waals surface area contributed by atoms with Crippen LogP contribution in [0.5, 0.6) is 0 Å². The van der Waals surface area contributed by atoms with Crippen molar-refractivity contribution >= 4 is 28.3 Å². The van der Waals surface area contributed by atoms with Crippen molar-refractivity contribution in [2.45, 2.75) is 59.5 Å². The number of aromatic nitrogens is 3. The number of piperazine rings is 1. The van der Waals surface area contributed by atoms with Gasteiger partial charge in [-0.25, -0.2) is 9.97 Å². The van der Waals surface area contributed by atoms with Crippen molar-refractivity contribution in [3.05, 3.63) is 70.5 Å². The van der Waals surface area contributed by atoms with Gasteiger partial charge in [-0.05, 0) is 55.5 Å². The third kappa shape index (κ3) is 5.17. The molecule has 4 aromatic rings. The maximum absolute atomic E-state index is 11.6. The molecule has 41 heavy (non-hydrogen) atoms. The van der Waals surface area contributed by atoms with Crippen LogP contribution in [0.4, 0.5) is 11.5 Å². The number of benzene rings is 2. The summed E-state index contributed by atoms with van der Waals surface area (Å²) in [5.74, 6) is 2.00. The first kappa shape index (κ1) is 27.3. The van der Waals surface area contributed by atoms with Gasteiger partial charge in [0.15, 0.2) is 5.82 Å². The fourth-order valence-corrected chi connectivity index (χ4v) is 6.54. The Morgan fingerprint density at radius 2 is 1.93 bits per heavy atom. The van der Waals surface area contributed by atoms with Gasteiger partial charge < -0.3 is 20.5 Å². The number of hydrogen-bond donors (Lipinski definition) is 2. The van der Waals surface area contributed by atoms with Crippen LogP contribution in [0.15, 0.2) is 42.6 Å². The second-order valence-electron chi connectivity index (χ2n) is 12.1. The van der Waals surface area contributed by atoms with E-state index < -0.39 is 0 Å². The van der Waals surface area contributed by atoms with E-state index in [1.54, 1.807) is 0 Å². The smallest absolute Gasteiger partial charge is 0.231 e. The fourth-order valence-electron chi connectivity index (χ4n) is 6.54. The molecule has 0 radical (unpaired) electrons.